The van der Waals surface area contributed by atoms with Crippen LogP contribution in [0.1, 0.15) is 19.0 Å². The highest BCUT2D eigenvalue weighted by Gasteiger charge is 2.00. The highest BCUT2D eigenvalue weighted by atomic mass is 16.5. The van der Waals surface area contributed by atoms with Gasteiger partial charge in [-0.1, -0.05) is 6.92 Å². The van der Waals surface area contributed by atoms with Gasteiger partial charge in [0.1, 0.15) is 5.75 Å². The van der Waals surface area contributed by atoms with Gasteiger partial charge in [0, 0.05) is 6.54 Å². The molecule has 1 aromatic heterocycles. The summed E-state index contributed by atoms with van der Waals surface area (Å²) in [5.41, 5.74) is 1.08. The minimum absolute atomic E-state index is 0.812. The minimum atomic E-state index is 0.812. The first-order chi connectivity index (χ1) is 6.76. The van der Waals surface area contributed by atoms with E-state index in [1.807, 2.05) is 12.1 Å². The Labute approximate surface area is 85.7 Å². The number of hydrogen-bond donors (Lipinski definition) is 0. The predicted octanol–water partition coefficient (Wildman–Crippen LogP) is 1.93. The second-order valence-electron chi connectivity index (χ2n) is 3.43. The predicted molar refractivity (Wildman–Crippen MR) is 57.4 cm³/mol. The van der Waals surface area contributed by atoms with Crippen molar-refractivity contribution in [3.63, 3.8) is 0 Å². The van der Waals surface area contributed by atoms with E-state index in [0.29, 0.717) is 0 Å². The van der Waals surface area contributed by atoms with E-state index >= 15 is 0 Å². The van der Waals surface area contributed by atoms with E-state index in [2.05, 4.69) is 23.9 Å². The van der Waals surface area contributed by atoms with Crippen LogP contribution in [0.5, 0.6) is 5.75 Å². The average molecular weight is 194 g/mol. The topological polar surface area (TPSA) is 25.4 Å². The lowest BCUT2D eigenvalue weighted by Gasteiger charge is -2.14. The Morgan fingerprint density at radius 1 is 1.43 bits per heavy atom. The SMILES string of the molecule is CCCN(C)Cc1ccc(OC)cn1. The molecule has 14 heavy (non-hydrogen) atoms. The van der Waals surface area contributed by atoms with Crippen molar-refractivity contribution in [3.05, 3.63) is 24.0 Å². The Hall–Kier alpha value is -1.09. The van der Waals surface area contributed by atoms with Crippen LogP contribution >= 0.6 is 0 Å². The number of rotatable bonds is 5. The first kappa shape index (κ1) is 11.0. The zero-order valence-corrected chi connectivity index (χ0v) is 9.16. The number of methoxy groups -OCH3 is 1. The molecule has 78 valence electrons. The van der Waals surface area contributed by atoms with Crippen molar-refractivity contribution in [1.29, 1.82) is 0 Å². The largest absolute Gasteiger partial charge is 0.495 e. The maximum Gasteiger partial charge on any atom is 0.137 e. The molecule has 0 saturated heterocycles. The molecule has 1 heterocycles. The average Bonchev–Trinajstić information content (AvgIpc) is 2.19. The molecule has 0 unspecified atom stereocenters. The molecule has 3 nitrogen and oxygen atoms in total. The van der Waals surface area contributed by atoms with Crippen molar-refractivity contribution in [2.24, 2.45) is 0 Å². The Morgan fingerprint density at radius 2 is 2.21 bits per heavy atom. The second-order valence-corrected chi connectivity index (χ2v) is 3.43. The molecule has 0 aliphatic carbocycles. The molecule has 1 rings (SSSR count). The van der Waals surface area contributed by atoms with Gasteiger partial charge in [0.05, 0.1) is 19.0 Å². The van der Waals surface area contributed by atoms with Crippen LogP contribution in [-0.4, -0.2) is 30.6 Å². The number of ether oxygens (including phenoxy) is 1. The van der Waals surface area contributed by atoms with Gasteiger partial charge in [-0.15, -0.1) is 0 Å². The molecule has 3 heteroatoms. The third-order valence-corrected chi connectivity index (χ3v) is 2.07. The smallest absolute Gasteiger partial charge is 0.137 e. The molecule has 0 aliphatic heterocycles. The zero-order valence-electron chi connectivity index (χ0n) is 9.16. The van der Waals surface area contributed by atoms with Gasteiger partial charge >= 0.3 is 0 Å². The van der Waals surface area contributed by atoms with Crippen molar-refractivity contribution < 1.29 is 4.74 Å². The van der Waals surface area contributed by atoms with Crippen molar-refractivity contribution in [2.75, 3.05) is 20.7 Å². The van der Waals surface area contributed by atoms with Crippen LogP contribution < -0.4 is 4.74 Å². The highest BCUT2D eigenvalue weighted by molar-refractivity contribution is 5.19. The molecule has 0 saturated carbocycles. The van der Waals surface area contributed by atoms with Gasteiger partial charge in [-0.3, -0.25) is 4.98 Å². The van der Waals surface area contributed by atoms with Crippen LogP contribution in [-0.2, 0) is 6.54 Å². The van der Waals surface area contributed by atoms with E-state index in [1.54, 1.807) is 13.3 Å². The van der Waals surface area contributed by atoms with Gasteiger partial charge in [0.15, 0.2) is 0 Å². The molecular formula is C11H18N2O. The molecule has 0 spiro atoms. The third kappa shape index (κ3) is 3.34. The summed E-state index contributed by atoms with van der Waals surface area (Å²) < 4.78 is 5.05. The number of hydrogen-bond acceptors (Lipinski definition) is 3. The fourth-order valence-electron chi connectivity index (χ4n) is 1.36. The Kier molecular flexibility index (Phi) is 4.40. The molecule has 0 radical (unpaired) electrons. The van der Waals surface area contributed by atoms with Crippen LogP contribution in [0.4, 0.5) is 0 Å². The molecule has 0 aromatic carbocycles. The summed E-state index contributed by atoms with van der Waals surface area (Å²) in [6.45, 7) is 4.18. The summed E-state index contributed by atoms with van der Waals surface area (Å²) in [4.78, 5) is 6.56. The van der Waals surface area contributed by atoms with Crippen molar-refractivity contribution in [1.82, 2.24) is 9.88 Å². The summed E-state index contributed by atoms with van der Waals surface area (Å²) in [7, 11) is 3.76. The van der Waals surface area contributed by atoms with E-state index in [9.17, 15) is 0 Å². The van der Waals surface area contributed by atoms with Crippen molar-refractivity contribution in [3.8, 4) is 5.75 Å². The summed E-state index contributed by atoms with van der Waals surface area (Å²) >= 11 is 0. The monoisotopic (exact) mass is 194 g/mol. The van der Waals surface area contributed by atoms with E-state index in [4.69, 9.17) is 4.74 Å². The number of aromatic nitrogens is 1. The fraction of sp³-hybridized carbons (Fsp3) is 0.545. The number of nitrogens with zero attached hydrogens (tertiary/aromatic N) is 2. The molecule has 0 N–H and O–H groups in total. The first-order valence-electron chi connectivity index (χ1n) is 4.93. The highest BCUT2D eigenvalue weighted by Crippen LogP contribution is 2.09. The van der Waals surface area contributed by atoms with Gasteiger partial charge in [0.25, 0.3) is 0 Å². The quantitative estimate of drug-likeness (QED) is 0.716. The van der Waals surface area contributed by atoms with Gasteiger partial charge in [-0.25, -0.2) is 0 Å². The van der Waals surface area contributed by atoms with Crippen molar-refractivity contribution >= 4 is 0 Å². The summed E-state index contributed by atoms with van der Waals surface area (Å²) in [5, 5.41) is 0. The molecule has 0 aliphatic rings. The van der Waals surface area contributed by atoms with Crippen LogP contribution in [0.15, 0.2) is 18.3 Å². The van der Waals surface area contributed by atoms with Crippen LogP contribution in [0, 0.1) is 0 Å². The summed E-state index contributed by atoms with van der Waals surface area (Å²) in [6, 6.07) is 3.95. The maximum absolute atomic E-state index is 5.05. The molecule has 0 amide bonds. The zero-order chi connectivity index (χ0) is 10.4. The second kappa shape index (κ2) is 5.60. The van der Waals surface area contributed by atoms with Crippen molar-refractivity contribution in [2.45, 2.75) is 19.9 Å². The van der Waals surface area contributed by atoms with Gasteiger partial charge in [-0.2, -0.15) is 0 Å². The van der Waals surface area contributed by atoms with Gasteiger partial charge in [0.2, 0.25) is 0 Å². The molecule has 1 aromatic rings. The normalized spacial score (nSPS) is 10.6. The van der Waals surface area contributed by atoms with Crippen LogP contribution in [0.25, 0.3) is 0 Å². The lowest BCUT2D eigenvalue weighted by Crippen LogP contribution is -2.19. The minimum Gasteiger partial charge on any atom is -0.495 e. The lowest BCUT2D eigenvalue weighted by atomic mass is 10.3. The summed E-state index contributed by atoms with van der Waals surface area (Å²) in [6.07, 6.45) is 2.93. The van der Waals surface area contributed by atoms with Crippen LogP contribution in [0.2, 0.25) is 0 Å². The third-order valence-electron chi connectivity index (χ3n) is 2.07. The lowest BCUT2D eigenvalue weighted by molar-refractivity contribution is 0.323. The Balaban J connectivity index is 2.50. The molecule has 0 fully saturated rings. The van der Waals surface area contributed by atoms with Crippen LogP contribution in [0.3, 0.4) is 0 Å². The van der Waals surface area contributed by atoms with Gasteiger partial charge < -0.3 is 9.64 Å². The molecule has 0 atom stereocenters. The van der Waals surface area contributed by atoms with E-state index in [0.717, 1.165) is 24.5 Å². The molecule has 0 bridgehead atoms. The van der Waals surface area contributed by atoms with E-state index in [-0.39, 0.29) is 0 Å². The Bertz CT molecular complexity index is 258. The summed E-state index contributed by atoms with van der Waals surface area (Å²) in [5.74, 6) is 0.812. The maximum atomic E-state index is 5.05. The number of pyridine rings is 1. The molecular weight excluding hydrogens is 176 g/mol. The van der Waals surface area contributed by atoms with E-state index < -0.39 is 0 Å². The first-order valence-corrected chi connectivity index (χ1v) is 4.93. The standard InChI is InChI=1S/C11H18N2O/c1-4-7-13(2)9-10-5-6-11(14-3)8-12-10/h5-6,8H,4,7,9H2,1-3H3. The fourth-order valence-corrected chi connectivity index (χ4v) is 1.36. The van der Waals surface area contributed by atoms with Gasteiger partial charge in [-0.05, 0) is 32.1 Å². The Morgan fingerprint density at radius 3 is 2.71 bits per heavy atom. The van der Waals surface area contributed by atoms with E-state index in [1.165, 1.54) is 6.42 Å².